The van der Waals surface area contributed by atoms with Crippen molar-refractivity contribution in [3.63, 3.8) is 0 Å². The lowest BCUT2D eigenvalue weighted by atomic mass is 9.97. The van der Waals surface area contributed by atoms with Gasteiger partial charge in [-0.1, -0.05) is 13.8 Å². The van der Waals surface area contributed by atoms with Crippen molar-refractivity contribution in [3.05, 3.63) is 35.1 Å². The smallest absolute Gasteiger partial charge is 0.127 e. The molecule has 0 unspecified atom stereocenters. The Kier molecular flexibility index (Phi) is 5.26. The van der Waals surface area contributed by atoms with Gasteiger partial charge in [0.1, 0.15) is 5.82 Å². The summed E-state index contributed by atoms with van der Waals surface area (Å²) in [6.07, 6.45) is 1.30. The standard InChI is InChI=1S/C14H19FN2O/c1-3-14(18,4-2)10-17-9-12-7-11(8-16)5-6-13(12)15/h5-7,17-18H,3-4,9-10H2,1-2H3. The second kappa shape index (κ2) is 6.48. The minimum absolute atomic E-state index is 0.309. The molecule has 1 aromatic carbocycles. The average Bonchev–Trinajstić information content (AvgIpc) is 2.40. The average molecular weight is 250 g/mol. The van der Waals surface area contributed by atoms with E-state index in [0.717, 1.165) is 0 Å². The molecule has 0 aliphatic heterocycles. The molecule has 1 aromatic rings. The number of halogens is 1. The number of aliphatic hydroxyl groups is 1. The highest BCUT2D eigenvalue weighted by Crippen LogP contribution is 2.14. The van der Waals surface area contributed by atoms with E-state index in [2.05, 4.69) is 5.32 Å². The number of nitriles is 1. The third-order valence-corrected chi connectivity index (χ3v) is 3.26. The van der Waals surface area contributed by atoms with Crippen molar-refractivity contribution in [2.75, 3.05) is 6.54 Å². The van der Waals surface area contributed by atoms with E-state index >= 15 is 0 Å². The Labute approximate surface area is 107 Å². The van der Waals surface area contributed by atoms with Crippen molar-refractivity contribution in [2.45, 2.75) is 38.8 Å². The zero-order valence-electron chi connectivity index (χ0n) is 10.8. The fraction of sp³-hybridized carbons (Fsp3) is 0.500. The summed E-state index contributed by atoms with van der Waals surface area (Å²) in [4.78, 5) is 0. The number of nitrogens with one attached hydrogen (secondary N) is 1. The lowest BCUT2D eigenvalue weighted by Gasteiger charge is -2.25. The van der Waals surface area contributed by atoms with Crippen molar-refractivity contribution < 1.29 is 9.50 Å². The Morgan fingerprint density at radius 1 is 1.39 bits per heavy atom. The quantitative estimate of drug-likeness (QED) is 0.814. The highest BCUT2D eigenvalue weighted by molar-refractivity contribution is 5.33. The van der Waals surface area contributed by atoms with Gasteiger partial charge in [-0.2, -0.15) is 5.26 Å². The summed E-state index contributed by atoms with van der Waals surface area (Å²) in [6.45, 7) is 4.56. The van der Waals surface area contributed by atoms with Gasteiger partial charge >= 0.3 is 0 Å². The van der Waals surface area contributed by atoms with Gasteiger partial charge in [-0.25, -0.2) is 4.39 Å². The van der Waals surface area contributed by atoms with Crippen LogP contribution in [0.1, 0.15) is 37.8 Å². The number of hydrogen-bond acceptors (Lipinski definition) is 3. The molecule has 0 fully saturated rings. The summed E-state index contributed by atoms with van der Waals surface area (Å²) in [5, 5.41) is 21.9. The van der Waals surface area contributed by atoms with Gasteiger partial charge in [0.25, 0.3) is 0 Å². The van der Waals surface area contributed by atoms with Crippen molar-refractivity contribution >= 4 is 0 Å². The summed E-state index contributed by atoms with van der Waals surface area (Å²) in [6, 6.07) is 6.25. The first-order valence-corrected chi connectivity index (χ1v) is 6.16. The number of hydrogen-bond donors (Lipinski definition) is 2. The van der Waals surface area contributed by atoms with Gasteiger partial charge in [0.05, 0.1) is 17.2 Å². The van der Waals surface area contributed by atoms with Gasteiger partial charge in [-0.15, -0.1) is 0 Å². The molecule has 0 aliphatic rings. The first kappa shape index (κ1) is 14.6. The first-order chi connectivity index (χ1) is 8.54. The van der Waals surface area contributed by atoms with Crippen molar-refractivity contribution in [2.24, 2.45) is 0 Å². The van der Waals surface area contributed by atoms with Gasteiger partial charge in [0.15, 0.2) is 0 Å². The topological polar surface area (TPSA) is 56.0 Å². The summed E-state index contributed by atoms with van der Waals surface area (Å²) in [5.74, 6) is -0.335. The number of nitrogens with zero attached hydrogens (tertiary/aromatic N) is 1. The number of benzene rings is 1. The van der Waals surface area contributed by atoms with Gasteiger partial charge in [-0.3, -0.25) is 0 Å². The minimum atomic E-state index is -0.747. The van der Waals surface area contributed by atoms with Crippen LogP contribution in [0.5, 0.6) is 0 Å². The monoisotopic (exact) mass is 250 g/mol. The zero-order chi connectivity index (χ0) is 13.6. The maximum atomic E-state index is 13.5. The van der Waals surface area contributed by atoms with Crippen LogP contribution >= 0.6 is 0 Å². The Bertz CT molecular complexity index is 436. The van der Waals surface area contributed by atoms with E-state index in [-0.39, 0.29) is 5.82 Å². The van der Waals surface area contributed by atoms with Gasteiger partial charge in [0, 0.05) is 18.7 Å². The second-order valence-corrected chi connectivity index (χ2v) is 4.45. The summed E-state index contributed by atoms with van der Waals surface area (Å²) in [5.41, 5.74) is 0.140. The van der Waals surface area contributed by atoms with Crippen LogP contribution in [0.3, 0.4) is 0 Å². The van der Waals surface area contributed by atoms with Crippen LogP contribution in [0.15, 0.2) is 18.2 Å². The van der Waals surface area contributed by atoms with Crippen LogP contribution in [0, 0.1) is 17.1 Å². The summed E-state index contributed by atoms with van der Waals surface area (Å²) in [7, 11) is 0. The molecule has 2 N–H and O–H groups in total. The highest BCUT2D eigenvalue weighted by atomic mass is 19.1. The maximum absolute atomic E-state index is 13.5. The van der Waals surface area contributed by atoms with Crippen LogP contribution in [-0.2, 0) is 6.54 Å². The van der Waals surface area contributed by atoms with Gasteiger partial charge < -0.3 is 10.4 Å². The van der Waals surface area contributed by atoms with E-state index in [1.54, 1.807) is 0 Å². The summed E-state index contributed by atoms with van der Waals surface area (Å²) >= 11 is 0. The molecule has 4 heteroatoms. The lowest BCUT2D eigenvalue weighted by molar-refractivity contribution is 0.0322. The molecule has 0 aromatic heterocycles. The van der Waals surface area contributed by atoms with E-state index in [1.165, 1.54) is 18.2 Å². The largest absolute Gasteiger partial charge is 0.389 e. The fourth-order valence-electron chi connectivity index (χ4n) is 1.71. The van der Waals surface area contributed by atoms with Crippen LogP contribution in [-0.4, -0.2) is 17.3 Å². The summed E-state index contributed by atoms with van der Waals surface area (Å²) < 4.78 is 13.5. The van der Waals surface area contributed by atoms with Crippen molar-refractivity contribution in [1.29, 1.82) is 5.26 Å². The molecule has 1 rings (SSSR count). The molecule has 0 saturated heterocycles. The van der Waals surface area contributed by atoms with Crippen LogP contribution in [0.4, 0.5) is 4.39 Å². The van der Waals surface area contributed by atoms with E-state index in [9.17, 15) is 9.50 Å². The van der Waals surface area contributed by atoms with E-state index in [1.807, 2.05) is 19.9 Å². The molecule has 0 saturated carbocycles. The lowest BCUT2D eigenvalue weighted by Crippen LogP contribution is -2.39. The minimum Gasteiger partial charge on any atom is -0.389 e. The highest BCUT2D eigenvalue weighted by Gasteiger charge is 2.21. The fourth-order valence-corrected chi connectivity index (χ4v) is 1.71. The molecule has 3 nitrogen and oxygen atoms in total. The molecule has 0 spiro atoms. The van der Waals surface area contributed by atoms with Gasteiger partial charge in [0.2, 0.25) is 0 Å². The van der Waals surface area contributed by atoms with Crippen LogP contribution in [0.2, 0.25) is 0 Å². The van der Waals surface area contributed by atoms with Gasteiger partial charge in [-0.05, 0) is 31.0 Å². The SMILES string of the molecule is CCC(O)(CC)CNCc1cc(C#N)ccc1F. The number of rotatable bonds is 6. The Hall–Kier alpha value is -1.44. The molecular formula is C14H19FN2O. The molecule has 0 atom stereocenters. The first-order valence-electron chi connectivity index (χ1n) is 6.16. The second-order valence-electron chi connectivity index (χ2n) is 4.45. The van der Waals surface area contributed by atoms with Crippen LogP contribution in [0.25, 0.3) is 0 Å². The molecule has 0 radical (unpaired) electrons. The maximum Gasteiger partial charge on any atom is 0.127 e. The molecule has 0 bridgehead atoms. The third kappa shape index (κ3) is 3.80. The van der Waals surface area contributed by atoms with E-state index in [4.69, 9.17) is 5.26 Å². The zero-order valence-corrected chi connectivity index (χ0v) is 10.8. The van der Waals surface area contributed by atoms with E-state index < -0.39 is 5.60 Å². The van der Waals surface area contributed by atoms with Crippen LogP contribution < -0.4 is 5.32 Å². The Morgan fingerprint density at radius 3 is 2.61 bits per heavy atom. The molecule has 0 heterocycles. The molecule has 18 heavy (non-hydrogen) atoms. The normalized spacial score (nSPS) is 11.3. The molecule has 98 valence electrons. The molecule has 0 aliphatic carbocycles. The Morgan fingerprint density at radius 2 is 2.06 bits per heavy atom. The van der Waals surface area contributed by atoms with Crippen molar-refractivity contribution in [3.8, 4) is 6.07 Å². The van der Waals surface area contributed by atoms with E-state index in [0.29, 0.717) is 37.1 Å². The predicted molar refractivity (Wildman–Crippen MR) is 68.4 cm³/mol. The Balaban J connectivity index is 2.62. The molecular weight excluding hydrogens is 231 g/mol. The van der Waals surface area contributed by atoms with Crippen molar-refractivity contribution in [1.82, 2.24) is 5.32 Å². The third-order valence-electron chi connectivity index (χ3n) is 3.26. The predicted octanol–water partition coefficient (Wildman–Crippen LogP) is 2.34. The molecule has 0 amide bonds.